The summed E-state index contributed by atoms with van der Waals surface area (Å²) < 4.78 is 0. The van der Waals surface area contributed by atoms with Crippen molar-refractivity contribution in [2.75, 3.05) is 10.6 Å². The van der Waals surface area contributed by atoms with Gasteiger partial charge in [-0.15, -0.1) is 5.10 Å². The molecular weight excluding hydrogens is 234 g/mol. The van der Waals surface area contributed by atoms with Crippen LogP contribution in [0.1, 0.15) is 11.1 Å². The average Bonchev–Trinajstić information content (AvgIpc) is 2.71. The summed E-state index contributed by atoms with van der Waals surface area (Å²) in [5.41, 5.74) is 7.49. The molecule has 7 heteroatoms. The van der Waals surface area contributed by atoms with Crippen LogP contribution in [0.5, 0.6) is 0 Å². The summed E-state index contributed by atoms with van der Waals surface area (Å²) in [7, 11) is 0. The molecule has 2 heterocycles. The Morgan fingerprint density at radius 2 is 2.00 bits per heavy atom. The Morgan fingerprint density at radius 3 is 2.78 bits per heavy atom. The molecule has 1 aromatic carbocycles. The highest BCUT2D eigenvalue weighted by atomic mass is 16.2. The normalized spacial score (nSPS) is 13.7. The molecule has 4 N–H and O–H groups in total. The van der Waals surface area contributed by atoms with E-state index in [1.54, 1.807) is 4.90 Å². The van der Waals surface area contributed by atoms with Crippen LogP contribution < -0.4 is 21.9 Å². The summed E-state index contributed by atoms with van der Waals surface area (Å²) in [6, 6.07) is 5.65. The first-order valence-corrected chi connectivity index (χ1v) is 5.45. The fraction of sp³-hybridized carbons (Fsp3) is 0.182. The molecule has 0 amide bonds. The zero-order chi connectivity index (χ0) is 12.7. The molecule has 0 unspecified atom stereocenters. The van der Waals surface area contributed by atoms with Crippen molar-refractivity contribution in [2.24, 2.45) is 0 Å². The van der Waals surface area contributed by atoms with Crippen molar-refractivity contribution in [3.8, 4) is 0 Å². The average molecular weight is 245 g/mol. The van der Waals surface area contributed by atoms with Crippen molar-refractivity contribution >= 4 is 11.5 Å². The van der Waals surface area contributed by atoms with Gasteiger partial charge in [0.15, 0.2) is 0 Å². The number of nitrogens with two attached hydrogens (primary N) is 1. The van der Waals surface area contributed by atoms with Crippen LogP contribution in [-0.2, 0) is 13.1 Å². The molecule has 1 aliphatic rings. The number of benzene rings is 1. The summed E-state index contributed by atoms with van der Waals surface area (Å²) in [6.07, 6.45) is 0. The van der Waals surface area contributed by atoms with E-state index in [1.165, 1.54) is 0 Å². The van der Waals surface area contributed by atoms with E-state index in [2.05, 4.69) is 15.2 Å². The van der Waals surface area contributed by atoms with Gasteiger partial charge in [0, 0.05) is 18.8 Å². The van der Waals surface area contributed by atoms with Crippen molar-refractivity contribution < 1.29 is 0 Å². The van der Waals surface area contributed by atoms with Crippen LogP contribution in [-0.4, -0.2) is 15.2 Å². The lowest BCUT2D eigenvalue weighted by Crippen LogP contribution is -2.31. The van der Waals surface area contributed by atoms with Gasteiger partial charge in [-0.25, -0.2) is 9.89 Å². The summed E-state index contributed by atoms with van der Waals surface area (Å²) >= 11 is 0. The summed E-state index contributed by atoms with van der Waals surface area (Å²) in [5.74, 6) is 0.212. The first-order valence-electron chi connectivity index (χ1n) is 5.45. The van der Waals surface area contributed by atoms with Crippen molar-refractivity contribution in [1.82, 2.24) is 15.2 Å². The van der Waals surface area contributed by atoms with Crippen molar-refractivity contribution in [3.63, 3.8) is 0 Å². The Hall–Kier alpha value is -2.57. The first-order chi connectivity index (χ1) is 8.63. The fourth-order valence-corrected chi connectivity index (χ4v) is 2.12. The summed E-state index contributed by atoms with van der Waals surface area (Å²) in [5, 5.41) is 6.01. The lowest BCUT2D eigenvalue weighted by Gasteiger charge is -2.13. The van der Waals surface area contributed by atoms with E-state index in [-0.39, 0.29) is 5.82 Å². The third kappa shape index (κ3) is 1.65. The second-order valence-corrected chi connectivity index (χ2v) is 4.21. The van der Waals surface area contributed by atoms with E-state index in [1.807, 2.05) is 18.2 Å². The number of nitrogen functional groups attached to an aromatic ring is 1. The number of hydrogen-bond acceptors (Lipinski definition) is 5. The van der Waals surface area contributed by atoms with E-state index in [9.17, 15) is 9.59 Å². The summed E-state index contributed by atoms with van der Waals surface area (Å²) in [6.45, 7) is 1.14. The van der Waals surface area contributed by atoms with Crippen LogP contribution in [0.3, 0.4) is 0 Å². The van der Waals surface area contributed by atoms with Gasteiger partial charge in [0.2, 0.25) is 5.82 Å². The number of aromatic amines is 2. The zero-order valence-corrected chi connectivity index (χ0v) is 9.43. The number of aromatic nitrogens is 3. The molecule has 0 bridgehead atoms. The third-order valence-corrected chi connectivity index (χ3v) is 2.95. The van der Waals surface area contributed by atoms with Crippen molar-refractivity contribution in [2.45, 2.75) is 13.1 Å². The van der Waals surface area contributed by atoms with E-state index in [4.69, 9.17) is 5.73 Å². The third-order valence-electron chi connectivity index (χ3n) is 2.95. The molecule has 1 aliphatic heterocycles. The maximum atomic E-state index is 11.6. The van der Waals surface area contributed by atoms with Crippen LogP contribution in [0.15, 0.2) is 27.8 Å². The van der Waals surface area contributed by atoms with Gasteiger partial charge in [-0.1, -0.05) is 6.07 Å². The number of hydrogen-bond donors (Lipinski definition) is 3. The first kappa shape index (κ1) is 10.6. The van der Waals surface area contributed by atoms with Crippen molar-refractivity contribution in [3.05, 3.63) is 50.2 Å². The van der Waals surface area contributed by atoms with E-state index in [0.717, 1.165) is 11.1 Å². The Bertz CT molecular complexity index is 718. The highest BCUT2D eigenvalue weighted by Crippen LogP contribution is 2.26. The maximum Gasteiger partial charge on any atom is 0.342 e. The number of nitrogens with zero attached hydrogens (tertiary/aromatic N) is 2. The molecule has 7 nitrogen and oxygen atoms in total. The van der Waals surface area contributed by atoms with Gasteiger partial charge in [-0.3, -0.25) is 9.78 Å². The SMILES string of the molecule is Nc1ccc2c(c1)CN(c1n[nH]c(=O)[nH]c1=O)C2. The lowest BCUT2D eigenvalue weighted by atomic mass is 10.1. The van der Waals surface area contributed by atoms with Gasteiger partial charge in [-0.2, -0.15) is 0 Å². The Kier molecular flexibility index (Phi) is 2.19. The predicted molar refractivity (Wildman–Crippen MR) is 66.2 cm³/mol. The molecule has 18 heavy (non-hydrogen) atoms. The lowest BCUT2D eigenvalue weighted by molar-refractivity contribution is 0.788. The smallest absolute Gasteiger partial charge is 0.342 e. The molecule has 0 radical (unpaired) electrons. The standard InChI is InChI=1S/C11H11N5O2/c12-8-2-1-6-4-16(5-7(6)3-8)9-10(17)13-11(18)15-14-9/h1-3H,4-5,12H2,(H2,13,15,17,18). The fourth-order valence-electron chi connectivity index (χ4n) is 2.12. The minimum atomic E-state index is -0.607. The minimum absolute atomic E-state index is 0.212. The number of nitrogens with one attached hydrogen (secondary N) is 2. The molecule has 3 rings (SSSR count). The number of anilines is 2. The van der Waals surface area contributed by atoms with Crippen LogP contribution in [0, 0.1) is 0 Å². The van der Waals surface area contributed by atoms with Gasteiger partial charge in [-0.05, 0) is 23.3 Å². The van der Waals surface area contributed by atoms with Crippen LogP contribution in [0.2, 0.25) is 0 Å². The predicted octanol–water partition coefficient (Wildman–Crippen LogP) is -0.439. The van der Waals surface area contributed by atoms with E-state index in [0.29, 0.717) is 18.8 Å². The molecular formula is C11H11N5O2. The van der Waals surface area contributed by atoms with Gasteiger partial charge in [0.25, 0.3) is 5.56 Å². The zero-order valence-electron chi connectivity index (χ0n) is 9.43. The van der Waals surface area contributed by atoms with Crippen LogP contribution in [0.25, 0.3) is 0 Å². The molecule has 0 aliphatic carbocycles. The highest BCUT2D eigenvalue weighted by molar-refractivity contribution is 5.51. The van der Waals surface area contributed by atoms with E-state index < -0.39 is 11.2 Å². The van der Waals surface area contributed by atoms with Gasteiger partial charge in [0.05, 0.1) is 0 Å². The van der Waals surface area contributed by atoms with Gasteiger partial charge >= 0.3 is 5.69 Å². The Labute approximate surface area is 101 Å². The van der Waals surface area contributed by atoms with Crippen molar-refractivity contribution in [1.29, 1.82) is 0 Å². The Balaban J connectivity index is 1.98. The van der Waals surface area contributed by atoms with Gasteiger partial charge < -0.3 is 10.6 Å². The quantitative estimate of drug-likeness (QED) is 0.590. The van der Waals surface area contributed by atoms with E-state index >= 15 is 0 Å². The minimum Gasteiger partial charge on any atom is -0.399 e. The Morgan fingerprint density at radius 1 is 1.22 bits per heavy atom. The molecule has 0 fully saturated rings. The second kappa shape index (κ2) is 3.73. The highest BCUT2D eigenvalue weighted by Gasteiger charge is 2.22. The second-order valence-electron chi connectivity index (χ2n) is 4.21. The number of H-pyrrole nitrogens is 2. The van der Waals surface area contributed by atoms with Crippen LogP contribution >= 0.6 is 0 Å². The number of rotatable bonds is 1. The maximum absolute atomic E-state index is 11.6. The molecule has 1 aromatic heterocycles. The molecule has 0 atom stereocenters. The molecule has 0 spiro atoms. The number of fused-ring (bicyclic) bond motifs is 1. The van der Waals surface area contributed by atoms with Crippen LogP contribution in [0.4, 0.5) is 11.5 Å². The molecule has 0 saturated carbocycles. The summed E-state index contributed by atoms with van der Waals surface area (Å²) in [4.78, 5) is 26.5. The monoisotopic (exact) mass is 245 g/mol. The molecule has 0 saturated heterocycles. The largest absolute Gasteiger partial charge is 0.399 e. The molecule has 92 valence electrons. The van der Waals surface area contributed by atoms with Gasteiger partial charge in [0.1, 0.15) is 0 Å². The topological polar surface area (TPSA) is 108 Å². The molecule has 2 aromatic rings.